The maximum Gasteiger partial charge on any atom is 0.0547 e. The quantitative estimate of drug-likeness (QED) is 0.410. The molecule has 1 atom stereocenters. The number of ether oxygens (including phenoxy) is 1. The smallest absolute Gasteiger partial charge is 0.0547 e. The van der Waals surface area contributed by atoms with Crippen molar-refractivity contribution in [2.45, 2.75) is 59.0 Å². The highest BCUT2D eigenvalue weighted by Crippen LogP contribution is 2.06. The van der Waals surface area contributed by atoms with Crippen molar-refractivity contribution in [3.8, 4) is 0 Å². The van der Waals surface area contributed by atoms with Crippen LogP contribution in [0.5, 0.6) is 0 Å². The molecule has 0 saturated heterocycles. The summed E-state index contributed by atoms with van der Waals surface area (Å²) < 4.78 is 5.64. The Morgan fingerprint density at radius 1 is 1.31 bits per heavy atom. The first-order valence-corrected chi connectivity index (χ1v) is 5.54. The van der Waals surface area contributed by atoms with Gasteiger partial charge < -0.3 is 4.74 Å². The molecule has 0 rings (SSSR count). The van der Waals surface area contributed by atoms with Gasteiger partial charge in [-0.05, 0) is 26.7 Å². The Hall–Kier alpha value is -0.300. The SMILES string of the molecule is C/C=C\CCO[C@H](C)CCCCC. The largest absolute Gasteiger partial charge is 0.378 e. The van der Waals surface area contributed by atoms with E-state index in [9.17, 15) is 0 Å². The van der Waals surface area contributed by atoms with Crippen LogP contribution in [-0.2, 0) is 4.74 Å². The molecule has 13 heavy (non-hydrogen) atoms. The zero-order valence-corrected chi connectivity index (χ0v) is 9.38. The van der Waals surface area contributed by atoms with E-state index in [0.29, 0.717) is 6.10 Å². The second-order valence-corrected chi connectivity index (χ2v) is 3.53. The van der Waals surface area contributed by atoms with Gasteiger partial charge in [0.15, 0.2) is 0 Å². The van der Waals surface area contributed by atoms with E-state index in [-0.39, 0.29) is 0 Å². The molecule has 1 nitrogen and oxygen atoms in total. The molecular formula is C12H24O. The van der Waals surface area contributed by atoms with Crippen molar-refractivity contribution in [1.82, 2.24) is 0 Å². The summed E-state index contributed by atoms with van der Waals surface area (Å²) in [5.74, 6) is 0. The van der Waals surface area contributed by atoms with E-state index >= 15 is 0 Å². The molecule has 0 heterocycles. The van der Waals surface area contributed by atoms with Crippen LogP contribution in [0.25, 0.3) is 0 Å². The van der Waals surface area contributed by atoms with E-state index in [1.807, 2.05) is 6.92 Å². The van der Waals surface area contributed by atoms with Crippen LogP contribution in [0.2, 0.25) is 0 Å². The first-order valence-electron chi connectivity index (χ1n) is 5.54. The van der Waals surface area contributed by atoms with Crippen molar-refractivity contribution in [2.24, 2.45) is 0 Å². The fourth-order valence-corrected chi connectivity index (χ4v) is 1.27. The van der Waals surface area contributed by atoms with Crippen LogP contribution < -0.4 is 0 Å². The Morgan fingerprint density at radius 2 is 2.08 bits per heavy atom. The van der Waals surface area contributed by atoms with Gasteiger partial charge in [-0.2, -0.15) is 0 Å². The summed E-state index contributed by atoms with van der Waals surface area (Å²) in [6.07, 6.45) is 10.9. The van der Waals surface area contributed by atoms with Crippen LogP contribution in [0.4, 0.5) is 0 Å². The highest BCUT2D eigenvalue weighted by atomic mass is 16.5. The summed E-state index contributed by atoms with van der Waals surface area (Å²) in [6.45, 7) is 7.32. The molecule has 0 aromatic heterocycles. The minimum absolute atomic E-state index is 0.441. The normalized spacial score (nSPS) is 13.8. The van der Waals surface area contributed by atoms with Gasteiger partial charge in [0.2, 0.25) is 0 Å². The molecule has 0 radical (unpaired) electrons. The fourth-order valence-electron chi connectivity index (χ4n) is 1.27. The van der Waals surface area contributed by atoms with Gasteiger partial charge in [-0.15, -0.1) is 0 Å². The van der Waals surface area contributed by atoms with Crippen molar-refractivity contribution in [3.05, 3.63) is 12.2 Å². The van der Waals surface area contributed by atoms with E-state index in [4.69, 9.17) is 4.74 Å². The Balaban J connectivity index is 3.14. The zero-order valence-electron chi connectivity index (χ0n) is 9.38. The topological polar surface area (TPSA) is 9.23 Å². The van der Waals surface area contributed by atoms with Crippen molar-refractivity contribution in [1.29, 1.82) is 0 Å². The van der Waals surface area contributed by atoms with Crippen LogP contribution in [-0.4, -0.2) is 12.7 Å². The van der Waals surface area contributed by atoms with Crippen molar-refractivity contribution in [3.63, 3.8) is 0 Å². The average Bonchev–Trinajstić information content (AvgIpc) is 2.13. The van der Waals surface area contributed by atoms with Gasteiger partial charge in [0.05, 0.1) is 12.7 Å². The first-order chi connectivity index (χ1) is 6.31. The minimum Gasteiger partial charge on any atom is -0.378 e. The molecule has 0 amide bonds. The summed E-state index contributed by atoms with van der Waals surface area (Å²) in [6, 6.07) is 0. The van der Waals surface area contributed by atoms with Gasteiger partial charge >= 0.3 is 0 Å². The van der Waals surface area contributed by atoms with Crippen LogP contribution >= 0.6 is 0 Å². The lowest BCUT2D eigenvalue weighted by molar-refractivity contribution is 0.0618. The lowest BCUT2D eigenvalue weighted by atomic mass is 10.1. The molecule has 0 aliphatic carbocycles. The highest BCUT2D eigenvalue weighted by molar-refractivity contribution is 4.76. The van der Waals surface area contributed by atoms with E-state index in [0.717, 1.165) is 13.0 Å². The van der Waals surface area contributed by atoms with Gasteiger partial charge in [-0.3, -0.25) is 0 Å². The molecule has 1 heteroatoms. The zero-order chi connectivity index (χ0) is 9.94. The van der Waals surface area contributed by atoms with E-state index in [2.05, 4.69) is 26.0 Å². The van der Waals surface area contributed by atoms with Crippen molar-refractivity contribution < 1.29 is 4.74 Å². The Morgan fingerprint density at radius 3 is 2.69 bits per heavy atom. The number of allylic oxidation sites excluding steroid dienone is 1. The van der Waals surface area contributed by atoms with Crippen molar-refractivity contribution in [2.75, 3.05) is 6.61 Å². The van der Waals surface area contributed by atoms with Crippen molar-refractivity contribution >= 4 is 0 Å². The molecule has 0 aromatic rings. The number of rotatable bonds is 8. The second-order valence-electron chi connectivity index (χ2n) is 3.53. The van der Waals surface area contributed by atoms with Crippen LogP contribution in [0.1, 0.15) is 52.9 Å². The predicted octanol–water partition coefficient (Wildman–Crippen LogP) is 3.94. The molecule has 0 bridgehead atoms. The van der Waals surface area contributed by atoms with E-state index in [1.54, 1.807) is 0 Å². The Bertz CT molecular complexity index is 118. The number of unbranched alkanes of at least 4 members (excludes halogenated alkanes) is 2. The van der Waals surface area contributed by atoms with Crippen LogP contribution in [0.3, 0.4) is 0 Å². The van der Waals surface area contributed by atoms with E-state index < -0.39 is 0 Å². The van der Waals surface area contributed by atoms with Gasteiger partial charge in [0, 0.05) is 0 Å². The van der Waals surface area contributed by atoms with E-state index in [1.165, 1.54) is 25.7 Å². The molecule has 0 aromatic carbocycles. The average molecular weight is 184 g/mol. The first kappa shape index (κ1) is 12.7. The molecule has 78 valence electrons. The lowest BCUT2D eigenvalue weighted by Crippen LogP contribution is -2.08. The summed E-state index contributed by atoms with van der Waals surface area (Å²) >= 11 is 0. The summed E-state index contributed by atoms with van der Waals surface area (Å²) in [5, 5.41) is 0. The standard InChI is InChI=1S/C12H24O/c1-4-6-8-10-12(3)13-11-9-7-5-2/h5,7,12H,4,6,8-11H2,1-3H3/b7-5-/t12-/m1/s1. The molecular weight excluding hydrogens is 160 g/mol. The van der Waals surface area contributed by atoms with Gasteiger partial charge in [-0.25, -0.2) is 0 Å². The minimum atomic E-state index is 0.441. The monoisotopic (exact) mass is 184 g/mol. The molecule has 0 unspecified atom stereocenters. The summed E-state index contributed by atoms with van der Waals surface area (Å²) in [7, 11) is 0. The Kier molecular flexibility index (Phi) is 9.56. The maximum atomic E-state index is 5.64. The molecule has 0 N–H and O–H groups in total. The fraction of sp³-hybridized carbons (Fsp3) is 0.833. The molecule has 0 fully saturated rings. The molecule has 0 aliphatic rings. The molecule has 0 spiro atoms. The maximum absolute atomic E-state index is 5.64. The van der Waals surface area contributed by atoms with Gasteiger partial charge in [0.25, 0.3) is 0 Å². The Labute approximate surface area is 83.2 Å². The highest BCUT2D eigenvalue weighted by Gasteiger charge is 1.99. The van der Waals surface area contributed by atoms with Crippen LogP contribution in [0.15, 0.2) is 12.2 Å². The third-order valence-electron chi connectivity index (χ3n) is 2.14. The third-order valence-corrected chi connectivity index (χ3v) is 2.14. The molecule has 0 aliphatic heterocycles. The summed E-state index contributed by atoms with van der Waals surface area (Å²) in [5.41, 5.74) is 0. The lowest BCUT2D eigenvalue weighted by Gasteiger charge is -2.11. The van der Waals surface area contributed by atoms with Gasteiger partial charge in [-0.1, -0.05) is 38.3 Å². The number of hydrogen-bond acceptors (Lipinski definition) is 1. The van der Waals surface area contributed by atoms with Crippen LogP contribution in [0, 0.1) is 0 Å². The number of hydrogen-bond donors (Lipinski definition) is 0. The summed E-state index contributed by atoms with van der Waals surface area (Å²) in [4.78, 5) is 0. The molecule has 0 saturated carbocycles. The van der Waals surface area contributed by atoms with Gasteiger partial charge in [0.1, 0.15) is 0 Å². The second kappa shape index (κ2) is 9.79. The predicted molar refractivity (Wildman–Crippen MR) is 59.0 cm³/mol. The third kappa shape index (κ3) is 9.62.